The van der Waals surface area contributed by atoms with Gasteiger partial charge in [0, 0.05) is 36.0 Å². The van der Waals surface area contributed by atoms with E-state index in [4.69, 9.17) is 0 Å². The summed E-state index contributed by atoms with van der Waals surface area (Å²) in [6, 6.07) is 89.5. The van der Waals surface area contributed by atoms with Crippen molar-refractivity contribution < 1.29 is 0 Å². The number of benzene rings is 12. The highest BCUT2D eigenvalue weighted by Crippen LogP contribution is 2.59. The average molecular weight is 901 g/mol. The predicted octanol–water partition coefficient (Wildman–Crippen LogP) is 19.2. The molecule has 0 saturated carbocycles. The molecule has 68 heavy (non-hydrogen) atoms. The molecule has 12 aromatic carbocycles. The number of fused-ring (bicyclic) bond motifs is 10. The van der Waals surface area contributed by atoms with E-state index < -0.39 is 0 Å². The summed E-state index contributed by atoms with van der Waals surface area (Å²) in [5.74, 6) is 0. The molecule has 2 aliphatic heterocycles. The summed E-state index contributed by atoms with van der Waals surface area (Å²) in [5, 5.41) is 9.96. The normalized spacial score (nSPS) is 12.8. The zero-order valence-electron chi connectivity index (χ0n) is 36.8. The Hall–Kier alpha value is -8.02. The van der Waals surface area contributed by atoms with Crippen molar-refractivity contribution in [3.8, 4) is 33.4 Å². The molecule has 2 aliphatic rings. The van der Waals surface area contributed by atoms with Crippen LogP contribution in [0.1, 0.15) is 0 Å². The van der Waals surface area contributed by atoms with E-state index in [0.29, 0.717) is 0 Å². The van der Waals surface area contributed by atoms with Crippen molar-refractivity contribution in [2.24, 2.45) is 0 Å². The maximum atomic E-state index is 2.56. The Morgan fingerprint density at radius 3 is 1.41 bits per heavy atom. The fraction of sp³-hybridized carbons (Fsp3) is 0. The van der Waals surface area contributed by atoms with Crippen molar-refractivity contribution >= 4 is 101 Å². The Kier molecular flexibility index (Phi) is 9.11. The van der Waals surface area contributed by atoms with Gasteiger partial charge in [0.15, 0.2) is 0 Å². The van der Waals surface area contributed by atoms with E-state index in [0.717, 1.165) is 5.69 Å². The van der Waals surface area contributed by atoms with Crippen LogP contribution >= 0.6 is 23.5 Å². The van der Waals surface area contributed by atoms with Gasteiger partial charge in [-0.15, -0.1) is 0 Å². The van der Waals surface area contributed by atoms with Crippen LogP contribution in [-0.2, 0) is 0 Å². The Labute approximate surface area is 403 Å². The minimum absolute atomic E-state index is 1.14. The third-order valence-electron chi connectivity index (χ3n) is 13.8. The summed E-state index contributed by atoms with van der Waals surface area (Å²) in [7, 11) is 0. The first kappa shape index (κ1) is 39.2. The Bertz CT molecular complexity index is 3940. The van der Waals surface area contributed by atoms with Crippen LogP contribution in [0.2, 0.25) is 0 Å². The Morgan fingerprint density at radius 1 is 0.265 bits per heavy atom. The first-order chi connectivity index (χ1) is 33.7. The van der Waals surface area contributed by atoms with Crippen LogP contribution in [0, 0.1) is 0 Å². The maximum absolute atomic E-state index is 2.56. The average Bonchev–Trinajstić information content (AvgIpc) is 3.41. The largest absolute Gasteiger partial charge is 0.308 e. The second-order valence-corrected chi connectivity index (χ2v) is 19.7. The van der Waals surface area contributed by atoms with Crippen molar-refractivity contribution in [3.05, 3.63) is 243 Å². The molecule has 14 rings (SSSR count). The summed E-state index contributed by atoms with van der Waals surface area (Å²) in [6.45, 7) is 0. The van der Waals surface area contributed by atoms with Gasteiger partial charge in [-0.1, -0.05) is 218 Å². The smallest absolute Gasteiger partial charge is 0.0619 e. The molecule has 0 N–H and O–H groups in total. The fourth-order valence-electron chi connectivity index (χ4n) is 10.7. The van der Waals surface area contributed by atoms with E-state index in [1.165, 1.54) is 124 Å². The highest BCUT2D eigenvalue weighted by molar-refractivity contribution is 8.00. The number of hydrogen-bond acceptors (Lipinski definition) is 4. The molecule has 12 aromatic rings. The molecule has 0 fully saturated rings. The van der Waals surface area contributed by atoms with Crippen molar-refractivity contribution in [2.75, 3.05) is 9.80 Å². The van der Waals surface area contributed by atoms with Crippen LogP contribution in [0.3, 0.4) is 0 Å². The molecule has 0 saturated heterocycles. The van der Waals surface area contributed by atoms with Gasteiger partial charge in [0.05, 0.1) is 28.4 Å². The Morgan fingerprint density at radius 2 is 0.750 bits per heavy atom. The third-order valence-corrected chi connectivity index (χ3v) is 16.1. The predicted molar refractivity (Wildman–Crippen MR) is 290 cm³/mol. The second kappa shape index (κ2) is 15.8. The van der Waals surface area contributed by atoms with Crippen LogP contribution in [0.15, 0.2) is 262 Å². The molecule has 4 heteroatoms. The number of rotatable bonds is 5. The van der Waals surface area contributed by atoms with Crippen molar-refractivity contribution in [1.29, 1.82) is 0 Å². The summed E-state index contributed by atoms with van der Waals surface area (Å²) >= 11 is 3.77. The molecule has 318 valence electrons. The molecule has 0 atom stereocenters. The van der Waals surface area contributed by atoms with Crippen LogP contribution in [0.25, 0.3) is 76.5 Å². The standard InChI is InChI=1S/C64H40N2S2/c1-3-16-41(17-4-1)45-22-15-23-48(38-45)65-56-35-30-42-18-7-9-24-49(42)63(56)67-59-37-33-46(39-58(59)65)47-32-34-55-60(40-47)68-64-50-25-10-8-19-43(50)31-36-57(64)66(55)62-53-28-13-11-26-51(53)61(44-20-5-2-6-21-44)52-27-12-14-29-54(52)62/h1-40H. The lowest BCUT2D eigenvalue weighted by Gasteiger charge is -2.36. The highest BCUT2D eigenvalue weighted by Gasteiger charge is 2.31. The number of hydrogen-bond donors (Lipinski definition) is 0. The van der Waals surface area contributed by atoms with Gasteiger partial charge in [-0.3, -0.25) is 0 Å². The maximum Gasteiger partial charge on any atom is 0.0619 e. The van der Waals surface area contributed by atoms with Gasteiger partial charge in [-0.25, -0.2) is 0 Å². The molecule has 2 heterocycles. The molecular formula is C64H40N2S2. The van der Waals surface area contributed by atoms with E-state index in [1.54, 1.807) is 0 Å². The molecule has 2 nitrogen and oxygen atoms in total. The lowest BCUT2D eigenvalue weighted by atomic mass is 9.89. The zero-order valence-corrected chi connectivity index (χ0v) is 38.4. The van der Waals surface area contributed by atoms with Crippen molar-refractivity contribution in [3.63, 3.8) is 0 Å². The summed E-state index contributed by atoms with van der Waals surface area (Å²) in [5.41, 5.74) is 14.3. The first-order valence-corrected chi connectivity index (χ1v) is 24.8. The highest BCUT2D eigenvalue weighted by atomic mass is 32.2. The van der Waals surface area contributed by atoms with Gasteiger partial charge in [0.2, 0.25) is 0 Å². The summed E-state index contributed by atoms with van der Waals surface area (Å²) < 4.78 is 0. The minimum Gasteiger partial charge on any atom is -0.308 e. The van der Waals surface area contributed by atoms with Gasteiger partial charge in [-0.2, -0.15) is 0 Å². The SMILES string of the molecule is c1ccc(-c2cccc(N3c4cc(-c5ccc6c(c5)Sc5c(ccc7ccccc57)N6c5c6ccccc6c(-c6ccccc6)c6ccccc56)ccc4Sc4c3ccc3ccccc43)c2)cc1. The van der Waals surface area contributed by atoms with E-state index in [2.05, 4.69) is 252 Å². The third kappa shape index (κ3) is 6.22. The number of nitrogens with zero attached hydrogens (tertiary/aromatic N) is 2. The van der Waals surface area contributed by atoms with Gasteiger partial charge in [0.25, 0.3) is 0 Å². The topological polar surface area (TPSA) is 6.48 Å². The van der Waals surface area contributed by atoms with Crippen LogP contribution in [0.5, 0.6) is 0 Å². The molecule has 0 aromatic heterocycles. The van der Waals surface area contributed by atoms with Crippen LogP contribution < -0.4 is 9.80 Å². The van der Waals surface area contributed by atoms with Crippen molar-refractivity contribution in [2.45, 2.75) is 19.6 Å². The molecule has 0 bridgehead atoms. The molecule has 0 amide bonds. The van der Waals surface area contributed by atoms with Crippen molar-refractivity contribution in [1.82, 2.24) is 0 Å². The second-order valence-electron chi connectivity index (χ2n) is 17.6. The Balaban J connectivity index is 0.965. The van der Waals surface area contributed by atoms with E-state index >= 15 is 0 Å². The fourth-order valence-corrected chi connectivity index (χ4v) is 13.1. The lowest BCUT2D eigenvalue weighted by Crippen LogP contribution is -2.16. The summed E-state index contributed by atoms with van der Waals surface area (Å²) in [4.78, 5) is 10.0. The van der Waals surface area contributed by atoms with Gasteiger partial charge in [-0.05, 0) is 114 Å². The van der Waals surface area contributed by atoms with Gasteiger partial charge < -0.3 is 9.80 Å². The lowest BCUT2D eigenvalue weighted by molar-refractivity contribution is 1.18. The molecular weight excluding hydrogens is 861 g/mol. The van der Waals surface area contributed by atoms with E-state index in [1.807, 2.05) is 23.5 Å². The molecule has 0 spiro atoms. The number of anilines is 6. The molecule has 0 radical (unpaired) electrons. The van der Waals surface area contributed by atoms with Gasteiger partial charge in [0.1, 0.15) is 0 Å². The van der Waals surface area contributed by atoms with Gasteiger partial charge >= 0.3 is 0 Å². The molecule has 0 aliphatic carbocycles. The molecule has 0 unspecified atom stereocenters. The zero-order chi connectivity index (χ0) is 44.7. The van der Waals surface area contributed by atoms with Crippen LogP contribution in [-0.4, -0.2) is 0 Å². The van der Waals surface area contributed by atoms with E-state index in [-0.39, 0.29) is 0 Å². The van der Waals surface area contributed by atoms with E-state index in [9.17, 15) is 0 Å². The van der Waals surface area contributed by atoms with Crippen LogP contribution in [0.4, 0.5) is 34.1 Å². The minimum atomic E-state index is 1.14. The quantitative estimate of drug-likeness (QED) is 0.159. The first-order valence-electron chi connectivity index (χ1n) is 23.2. The monoisotopic (exact) mass is 900 g/mol. The summed E-state index contributed by atoms with van der Waals surface area (Å²) in [6.07, 6.45) is 0.